The molecule has 0 aromatic rings. The molecule has 1 fully saturated rings. The third kappa shape index (κ3) is 5.29. The average molecular weight is 285 g/mol. The standard InChI is InChI=1S/C15H31N3O2/c1-12(10-15(2,3)20-6)16-14(19)18-9-7-8-13(11-18)17(4)5/h12-13H,7-11H2,1-6H3,(H,16,19)/t12-,13-/m0/s1. The molecule has 5 heteroatoms. The highest BCUT2D eigenvalue weighted by Crippen LogP contribution is 2.17. The Morgan fingerprint density at radius 3 is 2.70 bits per heavy atom. The van der Waals surface area contributed by atoms with Crippen molar-refractivity contribution in [3.63, 3.8) is 0 Å². The summed E-state index contributed by atoms with van der Waals surface area (Å²) in [5.74, 6) is 0. The molecule has 0 aromatic heterocycles. The number of urea groups is 1. The highest BCUT2D eigenvalue weighted by molar-refractivity contribution is 5.74. The number of hydrogen-bond donors (Lipinski definition) is 1. The van der Waals surface area contributed by atoms with Crippen molar-refractivity contribution in [1.29, 1.82) is 0 Å². The molecule has 0 aromatic carbocycles. The van der Waals surface area contributed by atoms with Gasteiger partial charge in [0.15, 0.2) is 0 Å². The van der Waals surface area contributed by atoms with Crippen LogP contribution in [0.25, 0.3) is 0 Å². The topological polar surface area (TPSA) is 44.8 Å². The smallest absolute Gasteiger partial charge is 0.317 e. The van der Waals surface area contributed by atoms with Crippen LogP contribution in [0, 0.1) is 0 Å². The van der Waals surface area contributed by atoms with Crippen molar-refractivity contribution in [1.82, 2.24) is 15.1 Å². The van der Waals surface area contributed by atoms with E-state index in [1.54, 1.807) is 7.11 Å². The Bertz CT molecular complexity index is 318. The summed E-state index contributed by atoms with van der Waals surface area (Å²) in [7, 11) is 5.87. The van der Waals surface area contributed by atoms with Gasteiger partial charge >= 0.3 is 6.03 Å². The van der Waals surface area contributed by atoms with Gasteiger partial charge in [0, 0.05) is 32.3 Å². The van der Waals surface area contributed by atoms with Gasteiger partial charge < -0.3 is 19.9 Å². The first-order chi connectivity index (χ1) is 9.25. The molecule has 1 saturated heterocycles. The van der Waals surface area contributed by atoms with Crippen LogP contribution in [0.3, 0.4) is 0 Å². The normalized spacial score (nSPS) is 21.9. The van der Waals surface area contributed by atoms with Crippen LogP contribution in [0.15, 0.2) is 0 Å². The summed E-state index contributed by atoms with van der Waals surface area (Å²) in [6.07, 6.45) is 3.05. The molecule has 0 aliphatic carbocycles. The summed E-state index contributed by atoms with van der Waals surface area (Å²) in [5.41, 5.74) is -0.208. The maximum atomic E-state index is 12.3. The Balaban J connectivity index is 2.45. The van der Waals surface area contributed by atoms with Crippen LogP contribution < -0.4 is 5.32 Å². The Labute approximate surface area is 123 Å². The van der Waals surface area contributed by atoms with Gasteiger partial charge in [0.2, 0.25) is 0 Å². The van der Waals surface area contributed by atoms with Gasteiger partial charge in [-0.3, -0.25) is 0 Å². The molecule has 0 spiro atoms. The second-order valence-corrected chi connectivity index (χ2v) is 6.72. The number of methoxy groups -OCH3 is 1. The van der Waals surface area contributed by atoms with Crippen molar-refractivity contribution in [3.05, 3.63) is 0 Å². The van der Waals surface area contributed by atoms with E-state index in [4.69, 9.17) is 4.74 Å². The van der Waals surface area contributed by atoms with Crippen LogP contribution in [-0.2, 0) is 4.74 Å². The van der Waals surface area contributed by atoms with Crippen LogP contribution in [0.2, 0.25) is 0 Å². The lowest BCUT2D eigenvalue weighted by molar-refractivity contribution is 0.00896. The molecule has 1 aliphatic heterocycles. The molecule has 0 saturated carbocycles. The first kappa shape index (κ1) is 17.2. The fraction of sp³-hybridized carbons (Fsp3) is 0.933. The van der Waals surface area contributed by atoms with Gasteiger partial charge in [-0.15, -0.1) is 0 Å². The molecule has 1 rings (SSSR count). The summed E-state index contributed by atoms with van der Waals surface area (Å²) in [6, 6.07) is 0.633. The van der Waals surface area contributed by atoms with E-state index in [-0.39, 0.29) is 17.7 Å². The molecule has 0 unspecified atom stereocenters. The van der Waals surface area contributed by atoms with E-state index in [1.165, 1.54) is 6.42 Å². The van der Waals surface area contributed by atoms with E-state index in [0.29, 0.717) is 6.04 Å². The minimum atomic E-state index is -0.208. The molecule has 5 nitrogen and oxygen atoms in total. The zero-order valence-electron chi connectivity index (χ0n) is 13.9. The third-order valence-corrected chi connectivity index (χ3v) is 4.13. The summed E-state index contributed by atoms with van der Waals surface area (Å²) in [4.78, 5) is 16.4. The van der Waals surface area contributed by atoms with E-state index in [2.05, 4.69) is 24.3 Å². The Morgan fingerprint density at radius 2 is 2.15 bits per heavy atom. The van der Waals surface area contributed by atoms with Crippen LogP contribution in [0.4, 0.5) is 4.79 Å². The molecule has 1 aliphatic rings. The average Bonchev–Trinajstić information content (AvgIpc) is 2.38. The Hall–Kier alpha value is -0.810. The van der Waals surface area contributed by atoms with E-state index in [1.807, 2.05) is 25.7 Å². The number of nitrogens with zero attached hydrogens (tertiary/aromatic N) is 2. The lowest BCUT2D eigenvalue weighted by atomic mass is 10.00. The summed E-state index contributed by atoms with van der Waals surface area (Å²) < 4.78 is 5.41. The van der Waals surface area contributed by atoms with Crippen LogP contribution in [-0.4, -0.2) is 67.8 Å². The number of hydrogen-bond acceptors (Lipinski definition) is 3. The zero-order valence-corrected chi connectivity index (χ0v) is 13.9. The number of likely N-dealkylation sites (N-methyl/N-ethyl adjacent to an activating group) is 1. The maximum Gasteiger partial charge on any atom is 0.317 e. The van der Waals surface area contributed by atoms with Crippen molar-refractivity contribution in [2.75, 3.05) is 34.3 Å². The molecule has 1 heterocycles. The molecule has 0 radical (unpaired) electrons. The SMILES string of the molecule is COC(C)(C)C[C@H](C)NC(=O)N1CCC[C@H](N(C)C)C1. The van der Waals surface area contributed by atoms with Crippen LogP contribution >= 0.6 is 0 Å². The van der Waals surface area contributed by atoms with Gasteiger partial charge in [0.1, 0.15) is 0 Å². The quantitative estimate of drug-likeness (QED) is 0.839. The molecular formula is C15H31N3O2. The van der Waals surface area contributed by atoms with Crippen molar-refractivity contribution in [2.45, 2.75) is 57.7 Å². The monoisotopic (exact) mass is 285 g/mol. The summed E-state index contributed by atoms with van der Waals surface area (Å²) in [5, 5.41) is 3.09. The minimum Gasteiger partial charge on any atom is -0.379 e. The van der Waals surface area contributed by atoms with Gasteiger partial charge in [-0.1, -0.05) is 0 Å². The molecule has 2 atom stereocenters. The van der Waals surface area contributed by atoms with Crippen LogP contribution in [0.5, 0.6) is 0 Å². The number of carbonyl (C=O) groups is 1. The predicted octanol–water partition coefficient (Wildman–Crippen LogP) is 1.93. The summed E-state index contributed by atoms with van der Waals surface area (Å²) >= 11 is 0. The number of ether oxygens (including phenoxy) is 1. The molecule has 20 heavy (non-hydrogen) atoms. The number of nitrogens with one attached hydrogen (secondary N) is 1. The second kappa shape index (κ2) is 7.27. The molecule has 1 N–H and O–H groups in total. The largest absolute Gasteiger partial charge is 0.379 e. The van der Waals surface area contributed by atoms with E-state index < -0.39 is 0 Å². The number of rotatable bonds is 5. The fourth-order valence-corrected chi connectivity index (χ4v) is 2.73. The number of likely N-dealkylation sites (tertiary alicyclic amines) is 1. The van der Waals surface area contributed by atoms with E-state index in [9.17, 15) is 4.79 Å². The third-order valence-electron chi connectivity index (χ3n) is 4.13. The lowest BCUT2D eigenvalue weighted by Gasteiger charge is -2.37. The molecule has 0 bridgehead atoms. The molecular weight excluding hydrogens is 254 g/mol. The minimum absolute atomic E-state index is 0.0518. The predicted molar refractivity (Wildman–Crippen MR) is 82.0 cm³/mol. The number of carbonyl (C=O) groups excluding carboxylic acids is 1. The first-order valence-electron chi connectivity index (χ1n) is 7.52. The van der Waals surface area contributed by atoms with Gasteiger partial charge in [-0.05, 0) is 54.1 Å². The van der Waals surface area contributed by atoms with Crippen molar-refractivity contribution in [2.24, 2.45) is 0 Å². The highest BCUT2D eigenvalue weighted by Gasteiger charge is 2.27. The Kier molecular flexibility index (Phi) is 6.27. The van der Waals surface area contributed by atoms with Gasteiger partial charge in [-0.2, -0.15) is 0 Å². The highest BCUT2D eigenvalue weighted by atomic mass is 16.5. The maximum absolute atomic E-state index is 12.3. The van der Waals surface area contributed by atoms with Gasteiger partial charge in [0.05, 0.1) is 5.60 Å². The van der Waals surface area contributed by atoms with Crippen molar-refractivity contribution >= 4 is 6.03 Å². The van der Waals surface area contributed by atoms with Gasteiger partial charge in [-0.25, -0.2) is 4.79 Å². The summed E-state index contributed by atoms with van der Waals surface area (Å²) in [6.45, 7) is 7.79. The molecule has 2 amide bonds. The van der Waals surface area contributed by atoms with Crippen molar-refractivity contribution < 1.29 is 9.53 Å². The number of amides is 2. The van der Waals surface area contributed by atoms with E-state index >= 15 is 0 Å². The first-order valence-corrected chi connectivity index (χ1v) is 7.52. The van der Waals surface area contributed by atoms with E-state index in [0.717, 1.165) is 25.9 Å². The lowest BCUT2D eigenvalue weighted by Crippen LogP contribution is -2.52. The molecule has 118 valence electrons. The van der Waals surface area contributed by atoms with Crippen molar-refractivity contribution in [3.8, 4) is 0 Å². The second-order valence-electron chi connectivity index (χ2n) is 6.72. The zero-order chi connectivity index (χ0) is 15.3. The number of piperidine rings is 1. The van der Waals surface area contributed by atoms with Gasteiger partial charge in [0.25, 0.3) is 0 Å². The Morgan fingerprint density at radius 1 is 1.50 bits per heavy atom. The van der Waals surface area contributed by atoms with Crippen LogP contribution in [0.1, 0.15) is 40.0 Å². The fourth-order valence-electron chi connectivity index (χ4n) is 2.73.